The van der Waals surface area contributed by atoms with E-state index >= 15 is 0 Å². The summed E-state index contributed by atoms with van der Waals surface area (Å²) in [6, 6.07) is 65.7. The largest absolute Gasteiger partial charge is 0.435 e. The van der Waals surface area contributed by atoms with E-state index in [1.165, 1.54) is 0 Å². The number of aromatic nitrogens is 1. The SMILES string of the molecule is CCCC#Cc1ccccc1-c1cc(-c2ccccc2-c2nc3ccc4ccccc4c3o2)ccc1-c1cccc(C/N=C(\N=C(\c2ccccc2)C(C)CC)c2ccccc2)c1. The molecule has 9 aromatic rings. The average molecular weight is 816 g/mol. The van der Waals surface area contributed by atoms with E-state index in [2.05, 4.69) is 196 Å². The number of rotatable bonds is 11. The lowest BCUT2D eigenvalue weighted by molar-refractivity contribution is 0.623. The van der Waals surface area contributed by atoms with E-state index in [1.54, 1.807) is 0 Å². The first-order valence-electron chi connectivity index (χ1n) is 22.0. The lowest BCUT2D eigenvalue weighted by atomic mass is 9.88. The number of oxazole rings is 1. The van der Waals surface area contributed by atoms with Crippen molar-refractivity contribution in [1.29, 1.82) is 0 Å². The molecule has 0 aliphatic rings. The number of hydrogen-bond acceptors (Lipinski definition) is 3. The highest BCUT2D eigenvalue weighted by atomic mass is 16.3. The minimum atomic E-state index is 0.267. The van der Waals surface area contributed by atoms with E-state index in [0.29, 0.717) is 12.4 Å². The predicted molar refractivity (Wildman–Crippen MR) is 264 cm³/mol. The fraction of sp³-hybridized carbons (Fsp3) is 0.136. The van der Waals surface area contributed by atoms with E-state index in [0.717, 1.165) is 114 Å². The smallest absolute Gasteiger partial charge is 0.227 e. The van der Waals surface area contributed by atoms with Crippen LogP contribution >= 0.6 is 0 Å². The monoisotopic (exact) mass is 815 g/mol. The van der Waals surface area contributed by atoms with Gasteiger partial charge in [0, 0.05) is 28.5 Å². The maximum Gasteiger partial charge on any atom is 0.227 e. The van der Waals surface area contributed by atoms with Gasteiger partial charge in [-0.25, -0.2) is 9.98 Å². The van der Waals surface area contributed by atoms with Crippen molar-refractivity contribution in [2.75, 3.05) is 0 Å². The van der Waals surface area contributed by atoms with Crippen molar-refractivity contribution >= 4 is 33.4 Å². The predicted octanol–water partition coefficient (Wildman–Crippen LogP) is 15.3. The molecule has 0 spiro atoms. The minimum Gasteiger partial charge on any atom is -0.435 e. The summed E-state index contributed by atoms with van der Waals surface area (Å²) < 4.78 is 6.61. The van der Waals surface area contributed by atoms with Crippen molar-refractivity contribution in [1.82, 2.24) is 4.98 Å². The Morgan fingerprint density at radius 3 is 2.08 bits per heavy atom. The van der Waals surface area contributed by atoms with Gasteiger partial charge in [0.25, 0.3) is 0 Å². The Balaban J connectivity index is 1.15. The first kappa shape index (κ1) is 40.8. The van der Waals surface area contributed by atoms with Gasteiger partial charge in [-0.15, -0.1) is 0 Å². The number of benzene rings is 8. The Labute approximate surface area is 370 Å². The summed E-state index contributed by atoms with van der Waals surface area (Å²) in [6.07, 6.45) is 2.83. The molecule has 1 aromatic heterocycles. The molecule has 8 aromatic carbocycles. The van der Waals surface area contributed by atoms with E-state index in [-0.39, 0.29) is 5.92 Å². The van der Waals surface area contributed by atoms with Crippen molar-refractivity contribution in [3.63, 3.8) is 0 Å². The average Bonchev–Trinajstić information content (AvgIpc) is 3.80. The first-order valence-corrected chi connectivity index (χ1v) is 22.0. The Bertz CT molecular complexity index is 3160. The molecule has 0 aliphatic heterocycles. The van der Waals surface area contributed by atoms with E-state index in [4.69, 9.17) is 19.4 Å². The number of amidine groups is 1. The van der Waals surface area contributed by atoms with Gasteiger partial charge in [-0.05, 0) is 99.0 Å². The molecule has 0 saturated heterocycles. The molecular weight excluding hydrogens is 767 g/mol. The maximum atomic E-state index is 6.61. The molecule has 0 aliphatic carbocycles. The zero-order valence-corrected chi connectivity index (χ0v) is 36.1. The zero-order valence-electron chi connectivity index (χ0n) is 36.1. The lowest BCUT2D eigenvalue weighted by Gasteiger charge is -2.16. The summed E-state index contributed by atoms with van der Waals surface area (Å²) >= 11 is 0. The summed E-state index contributed by atoms with van der Waals surface area (Å²) in [5.41, 5.74) is 14.4. The molecular formula is C59H49N3O. The van der Waals surface area contributed by atoms with Gasteiger partial charge in [-0.2, -0.15) is 0 Å². The van der Waals surface area contributed by atoms with Crippen molar-refractivity contribution in [2.45, 2.75) is 46.6 Å². The minimum absolute atomic E-state index is 0.267. The maximum absolute atomic E-state index is 6.61. The third-order valence-corrected chi connectivity index (χ3v) is 11.6. The summed E-state index contributed by atoms with van der Waals surface area (Å²) in [5, 5.41) is 2.18. The van der Waals surface area contributed by atoms with Gasteiger partial charge in [0.05, 0.1) is 12.3 Å². The van der Waals surface area contributed by atoms with Crippen LogP contribution in [-0.4, -0.2) is 16.5 Å². The van der Waals surface area contributed by atoms with Gasteiger partial charge in [0.1, 0.15) is 5.52 Å². The van der Waals surface area contributed by atoms with Crippen LogP contribution in [0.2, 0.25) is 0 Å². The summed E-state index contributed by atoms with van der Waals surface area (Å²) in [4.78, 5) is 15.6. The topological polar surface area (TPSA) is 50.8 Å². The van der Waals surface area contributed by atoms with Crippen LogP contribution in [0.15, 0.2) is 202 Å². The molecule has 4 nitrogen and oxygen atoms in total. The highest BCUT2D eigenvalue weighted by Gasteiger charge is 2.19. The summed E-state index contributed by atoms with van der Waals surface area (Å²) in [7, 11) is 0. The second kappa shape index (κ2) is 19.0. The quantitative estimate of drug-likeness (QED) is 0.0742. The van der Waals surface area contributed by atoms with Crippen LogP contribution in [0, 0.1) is 17.8 Å². The molecule has 0 N–H and O–H groups in total. The second-order valence-electron chi connectivity index (χ2n) is 15.9. The van der Waals surface area contributed by atoms with Gasteiger partial charge in [-0.3, -0.25) is 4.99 Å². The van der Waals surface area contributed by atoms with Crippen molar-refractivity contribution < 1.29 is 4.42 Å². The molecule has 0 amide bonds. The van der Waals surface area contributed by atoms with Crippen LogP contribution in [-0.2, 0) is 6.54 Å². The van der Waals surface area contributed by atoms with Crippen molar-refractivity contribution in [3.05, 3.63) is 210 Å². The highest BCUT2D eigenvalue weighted by molar-refractivity contribution is 6.13. The van der Waals surface area contributed by atoms with Gasteiger partial charge in [0.2, 0.25) is 5.89 Å². The third-order valence-electron chi connectivity index (χ3n) is 11.6. The van der Waals surface area contributed by atoms with Crippen LogP contribution in [0.4, 0.5) is 0 Å². The highest BCUT2D eigenvalue weighted by Crippen LogP contribution is 2.41. The number of nitrogens with zero attached hydrogens (tertiary/aromatic N) is 3. The molecule has 1 unspecified atom stereocenters. The van der Waals surface area contributed by atoms with E-state index in [9.17, 15) is 0 Å². The molecule has 4 heteroatoms. The zero-order chi connectivity index (χ0) is 43.0. The van der Waals surface area contributed by atoms with Crippen LogP contribution < -0.4 is 0 Å². The summed E-state index contributed by atoms with van der Waals surface area (Å²) in [6.45, 7) is 7.09. The van der Waals surface area contributed by atoms with Crippen LogP contribution in [0.1, 0.15) is 62.3 Å². The Morgan fingerprint density at radius 1 is 0.603 bits per heavy atom. The molecule has 63 heavy (non-hydrogen) atoms. The standard InChI is InChI=1S/C59H49N3O/c1-4-6-9-22-43-23-14-16-30-49(43)54-39-48(50-31-18-19-33-53(50)59-61-55-37-35-44-24-15-17-32-52(44)57(55)63-59)34-36-51(54)47-29-20-21-42(38-47)40-60-58(46-27-12-8-13-28-46)62-56(41(3)5-2)45-25-10-7-11-26-45/h7-8,10-21,23-39,41H,4-6,40H2,1-3H3/b60-58-,62-56+. The number of aliphatic imine (C=N–C) groups is 2. The molecule has 1 atom stereocenters. The van der Waals surface area contributed by atoms with Crippen molar-refractivity contribution in [2.24, 2.45) is 15.9 Å². The van der Waals surface area contributed by atoms with Gasteiger partial charge in [-0.1, -0.05) is 190 Å². The van der Waals surface area contributed by atoms with E-state index in [1.807, 2.05) is 24.3 Å². The van der Waals surface area contributed by atoms with Crippen LogP contribution in [0.25, 0.3) is 66.7 Å². The molecule has 0 fully saturated rings. The summed E-state index contributed by atoms with van der Waals surface area (Å²) in [5.74, 6) is 8.52. The molecule has 1 heterocycles. The number of hydrogen-bond donors (Lipinski definition) is 0. The number of unbranched alkanes of at least 4 members (excludes halogenated alkanes) is 1. The normalized spacial score (nSPS) is 12.3. The molecule has 0 bridgehead atoms. The van der Waals surface area contributed by atoms with Crippen LogP contribution in [0.3, 0.4) is 0 Å². The Kier molecular flexibility index (Phi) is 12.3. The first-order chi connectivity index (χ1) is 31.1. The second-order valence-corrected chi connectivity index (χ2v) is 15.9. The fourth-order valence-corrected chi connectivity index (χ4v) is 8.15. The molecule has 306 valence electrons. The van der Waals surface area contributed by atoms with E-state index < -0.39 is 0 Å². The molecule has 9 rings (SSSR count). The molecule has 0 radical (unpaired) electrons. The Morgan fingerprint density at radius 2 is 1.29 bits per heavy atom. The lowest BCUT2D eigenvalue weighted by Crippen LogP contribution is -2.15. The van der Waals surface area contributed by atoms with Gasteiger partial charge in [0.15, 0.2) is 11.4 Å². The van der Waals surface area contributed by atoms with Gasteiger partial charge < -0.3 is 4.42 Å². The van der Waals surface area contributed by atoms with Gasteiger partial charge >= 0.3 is 0 Å². The number of fused-ring (bicyclic) bond motifs is 3. The fourth-order valence-electron chi connectivity index (χ4n) is 8.15. The van der Waals surface area contributed by atoms with Crippen LogP contribution in [0.5, 0.6) is 0 Å². The van der Waals surface area contributed by atoms with Crippen molar-refractivity contribution in [3.8, 4) is 56.7 Å². The Hall–Kier alpha value is -7.61. The third kappa shape index (κ3) is 8.92. The molecule has 0 saturated carbocycles.